The van der Waals surface area contributed by atoms with E-state index in [0.29, 0.717) is 0 Å². The van der Waals surface area contributed by atoms with E-state index in [4.69, 9.17) is 0 Å². The Morgan fingerprint density at radius 2 is 1.53 bits per heavy atom. The van der Waals surface area contributed by atoms with E-state index in [1.165, 1.54) is 62.5 Å². The van der Waals surface area contributed by atoms with Crippen LogP contribution in [0.5, 0.6) is 0 Å². The molecule has 0 N–H and O–H groups in total. The Labute approximate surface area is 119 Å². The van der Waals surface area contributed by atoms with Gasteiger partial charge in [-0.25, -0.2) is 0 Å². The molecule has 0 heterocycles. The minimum absolute atomic E-state index is 1.16. The van der Waals surface area contributed by atoms with Crippen molar-refractivity contribution in [3.63, 3.8) is 0 Å². The largest absolute Gasteiger partial charge is 0.0760 e. The molecule has 0 fully saturated rings. The average Bonchev–Trinajstić information content (AvgIpc) is 2.44. The van der Waals surface area contributed by atoms with Crippen molar-refractivity contribution in [1.82, 2.24) is 0 Å². The van der Waals surface area contributed by atoms with Gasteiger partial charge in [0.15, 0.2) is 0 Å². The van der Waals surface area contributed by atoms with Gasteiger partial charge >= 0.3 is 0 Å². The molecule has 0 unspecified atom stereocenters. The summed E-state index contributed by atoms with van der Waals surface area (Å²) < 4.78 is 0. The second kappa shape index (κ2) is 10.8. The van der Waals surface area contributed by atoms with Gasteiger partial charge in [-0.2, -0.15) is 0 Å². The molecule has 1 aromatic carbocycles. The van der Waals surface area contributed by atoms with Crippen LogP contribution in [0.2, 0.25) is 0 Å². The van der Waals surface area contributed by atoms with Crippen molar-refractivity contribution in [3.8, 4) is 0 Å². The number of allylic oxidation sites excluding steroid dienone is 1. The lowest BCUT2D eigenvalue weighted by Crippen LogP contribution is -1.85. The maximum atomic E-state index is 3.39. The maximum Gasteiger partial charge on any atom is -0.0149 e. The molecule has 1 aromatic rings. The fraction of sp³-hybridized carbons (Fsp3) is 0.579. The predicted octanol–water partition coefficient (Wildman–Crippen LogP) is 6.10. The van der Waals surface area contributed by atoms with Gasteiger partial charge in [-0.05, 0) is 42.9 Å². The highest BCUT2D eigenvalue weighted by Gasteiger charge is 1.93. The standard InChI is InChI=1S/C19H29/c1-3-5-7-8-9-11-13-19-16-14-18(15-17-19)12-10-6-4-2/h11,14-17H,3-10,12H2,1-2H3. The molecule has 0 aromatic heterocycles. The normalized spacial score (nSPS) is 11.3. The summed E-state index contributed by atoms with van der Waals surface area (Å²) >= 11 is 0. The minimum Gasteiger partial charge on any atom is -0.0760 e. The summed E-state index contributed by atoms with van der Waals surface area (Å²) in [5.74, 6) is 0. The summed E-state index contributed by atoms with van der Waals surface area (Å²) in [4.78, 5) is 0. The summed E-state index contributed by atoms with van der Waals surface area (Å²) in [5, 5.41) is 0. The van der Waals surface area contributed by atoms with Gasteiger partial charge in [-0.15, -0.1) is 0 Å². The van der Waals surface area contributed by atoms with Gasteiger partial charge in [-0.3, -0.25) is 0 Å². The maximum absolute atomic E-state index is 3.39. The number of benzene rings is 1. The third-order valence-electron chi connectivity index (χ3n) is 3.49. The van der Waals surface area contributed by atoms with Gasteiger partial charge in [0, 0.05) is 0 Å². The lowest BCUT2D eigenvalue weighted by atomic mass is 10.0. The van der Waals surface area contributed by atoms with Crippen LogP contribution >= 0.6 is 0 Å². The van der Waals surface area contributed by atoms with Gasteiger partial charge in [0.25, 0.3) is 0 Å². The van der Waals surface area contributed by atoms with Crippen LogP contribution in [0.25, 0.3) is 0 Å². The van der Waals surface area contributed by atoms with Crippen molar-refractivity contribution in [2.45, 2.75) is 71.6 Å². The number of hydrogen-bond acceptors (Lipinski definition) is 0. The molecule has 0 saturated carbocycles. The molecule has 0 nitrogen and oxygen atoms in total. The van der Waals surface area contributed by atoms with Gasteiger partial charge in [0.05, 0.1) is 0 Å². The highest BCUT2D eigenvalue weighted by molar-refractivity contribution is 5.27. The number of unbranched alkanes of at least 4 members (excludes halogenated alkanes) is 6. The molecule has 0 aliphatic carbocycles. The summed E-state index contributed by atoms with van der Waals surface area (Å²) in [5.41, 5.74) is 2.68. The van der Waals surface area contributed by atoms with Crippen molar-refractivity contribution in [2.75, 3.05) is 0 Å². The number of hydrogen-bond donors (Lipinski definition) is 0. The van der Waals surface area contributed by atoms with E-state index in [1.54, 1.807) is 0 Å². The predicted molar refractivity (Wildman–Crippen MR) is 85.3 cm³/mol. The quantitative estimate of drug-likeness (QED) is 0.444. The van der Waals surface area contributed by atoms with Gasteiger partial charge in [0.2, 0.25) is 0 Å². The van der Waals surface area contributed by atoms with E-state index < -0.39 is 0 Å². The Morgan fingerprint density at radius 1 is 0.842 bits per heavy atom. The van der Waals surface area contributed by atoms with Crippen LogP contribution < -0.4 is 0 Å². The van der Waals surface area contributed by atoms with Crippen molar-refractivity contribution in [3.05, 3.63) is 47.5 Å². The molecule has 19 heavy (non-hydrogen) atoms. The number of rotatable bonds is 10. The lowest BCUT2D eigenvalue weighted by Gasteiger charge is -2.01. The third-order valence-corrected chi connectivity index (χ3v) is 3.49. The van der Waals surface area contributed by atoms with Crippen LogP contribution in [-0.2, 0) is 6.42 Å². The summed E-state index contributed by atoms with van der Waals surface area (Å²) in [7, 11) is 0. The summed E-state index contributed by atoms with van der Waals surface area (Å²) in [6, 6.07) is 8.90. The third kappa shape index (κ3) is 7.87. The molecule has 0 saturated heterocycles. The second-order valence-electron chi connectivity index (χ2n) is 5.35. The van der Waals surface area contributed by atoms with E-state index in [0.717, 1.165) is 6.42 Å². The average molecular weight is 257 g/mol. The van der Waals surface area contributed by atoms with Gasteiger partial charge in [0.1, 0.15) is 0 Å². The van der Waals surface area contributed by atoms with Gasteiger partial charge in [-0.1, -0.05) is 76.3 Å². The van der Waals surface area contributed by atoms with Gasteiger partial charge < -0.3 is 0 Å². The van der Waals surface area contributed by atoms with Crippen molar-refractivity contribution in [2.24, 2.45) is 0 Å². The molecule has 0 aliphatic rings. The van der Waals surface area contributed by atoms with Crippen LogP contribution in [-0.4, -0.2) is 0 Å². The minimum atomic E-state index is 1.16. The molecule has 0 aliphatic heterocycles. The first-order chi connectivity index (χ1) is 9.36. The van der Waals surface area contributed by atoms with Crippen LogP contribution in [0.4, 0.5) is 0 Å². The van der Waals surface area contributed by atoms with Crippen LogP contribution in [0.1, 0.15) is 76.3 Å². The summed E-state index contributed by atoms with van der Waals surface area (Å²) in [6.07, 6.45) is 17.2. The highest BCUT2D eigenvalue weighted by Crippen LogP contribution is 2.10. The zero-order valence-corrected chi connectivity index (χ0v) is 12.8. The zero-order valence-electron chi connectivity index (χ0n) is 12.8. The van der Waals surface area contributed by atoms with Crippen molar-refractivity contribution >= 4 is 0 Å². The molecule has 0 atom stereocenters. The fourth-order valence-electron chi connectivity index (χ4n) is 2.21. The molecule has 0 heteroatoms. The van der Waals surface area contributed by atoms with E-state index in [-0.39, 0.29) is 0 Å². The molecular weight excluding hydrogens is 228 g/mol. The monoisotopic (exact) mass is 257 g/mol. The first-order valence-electron chi connectivity index (χ1n) is 8.04. The Morgan fingerprint density at radius 3 is 2.21 bits per heavy atom. The smallest absolute Gasteiger partial charge is 0.0149 e. The number of aryl methyl sites for hydroxylation is 1. The Kier molecular flexibility index (Phi) is 9.14. The molecule has 1 radical (unpaired) electrons. The Bertz CT molecular complexity index is 332. The first kappa shape index (κ1) is 16.0. The lowest BCUT2D eigenvalue weighted by molar-refractivity contribution is 0.674. The molecule has 105 valence electrons. The van der Waals surface area contributed by atoms with E-state index in [1.807, 2.05) is 0 Å². The molecule has 0 spiro atoms. The first-order valence-corrected chi connectivity index (χ1v) is 8.04. The fourth-order valence-corrected chi connectivity index (χ4v) is 2.21. The summed E-state index contributed by atoms with van der Waals surface area (Å²) in [6.45, 7) is 4.51. The zero-order chi connectivity index (χ0) is 13.8. The SMILES string of the molecule is CCCCCC/C=[C]\c1ccc(CCCCC)cc1. The van der Waals surface area contributed by atoms with Crippen molar-refractivity contribution < 1.29 is 0 Å². The van der Waals surface area contributed by atoms with E-state index in [2.05, 4.69) is 50.3 Å². The topological polar surface area (TPSA) is 0 Å². The molecular formula is C19H29. The van der Waals surface area contributed by atoms with E-state index in [9.17, 15) is 0 Å². The molecule has 0 bridgehead atoms. The van der Waals surface area contributed by atoms with Crippen LogP contribution in [0.15, 0.2) is 30.3 Å². The van der Waals surface area contributed by atoms with E-state index >= 15 is 0 Å². The molecule has 1 rings (SSSR count). The van der Waals surface area contributed by atoms with Crippen LogP contribution in [0.3, 0.4) is 0 Å². The molecule has 0 amide bonds. The van der Waals surface area contributed by atoms with Crippen molar-refractivity contribution in [1.29, 1.82) is 0 Å². The van der Waals surface area contributed by atoms with Crippen LogP contribution in [0, 0.1) is 6.08 Å². The Hall–Kier alpha value is -1.04. The highest BCUT2D eigenvalue weighted by atomic mass is 14.0. The Balaban J connectivity index is 2.25. The second-order valence-corrected chi connectivity index (χ2v) is 5.35.